The highest BCUT2D eigenvalue weighted by molar-refractivity contribution is 6.30. The highest BCUT2D eigenvalue weighted by Gasteiger charge is 2.16. The zero-order valence-electron chi connectivity index (χ0n) is 28.0. The molecule has 3 nitrogen and oxygen atoms in total. The molecule has 4 rings (SSSR count). The van der Waals surface area contributed by atoms with Gasteiger partial charge in [0.05, 0.1) is 5.52 Å². The Kier molecular flexibility index (Phi) is 18.8. The molecule has 1 fully saturated rings. The minimum absolute atomic E-state index is 0.232. The highest BCUT2D eigenvalue weighted by Crippen LogP contribution is 2.31. The molecule has 2 aromatic carbocycles. The number of halogens is 3. The van der Waals surface area contributed by atoms with E-state index in [9.17, 15) is 4.39 Å². The maximum Gasteiger partial charge on any atom is 0.122 e. The third-order valence-electron chi connectivity index (χ3n) is 8.21. The van der Waals surface area contributed by atoms with E-state index in [1.165, 1.54) is 58.1 Å². The van der Waals surface area contributed by atoms with Crippen molar-refractivity contribution in [1.29, 1.82) is 0 Å². The normalized spacial score (nSPS) is 14.4. The monoisotopic (exact) mass is 653 g/mol. The van der Waals surface area contributed by atoms with Gasteiger partial charge >= 0.3 is 0 Å². The second kappa shape index (κ2) is 22.0. The molecule has 0 amide bonds. The predicted octanol–water partition coefficient (Wildman–Crippen LogP) is 10.8. The summed E-state index contributed by atoms with van der Waals surface area (Å²) < 4.78 is 15.9. The van der Waals surface area contributed by atoms with Crippen LogP contribution in [0.3, 0.4) is 0 Å². The number of allylic oxidation sites excluding steroid dienone is 5. The van der Waals surface area contributed by atoms with Crippen molar-refractivity contribution in [3.8, 4) is 0 Å². The maximum absolute atomic E-state index is 13.4. The van der Waals surface area contributed by atoms with Crippen LogP contribution < -0.4 is 0 Å². The number of nitrogens with zero attached hydrogens (tertiary/aromatic N) is 3. The maximum atomic E-state index is 13.4. The number of aromatic nitrogens is 1. The number of alkyl halides is 1. The van der Waals surface area contributed by atoms with Gasteiger partial charge in [-0.2, -0.15) is 0 Å². The fraction of sp³-hybridized carbons (Fsp3) is 0.436. The fourth-order valence-corrected chi connectivity index (χ4v) is 5.78. The molecule has 0 N–H and O–H groups in total. The third kappa shape index (κ3) is 12.9. The van der Waals surface area contributed by atoms with Crippen LogP contribution in [0, 0.1) is 0 Å². The van der Waals surface area contributed by atoms with Crippen molar-refractivity contribution in [2.45, 2.75) is 65.8 Å². The summed E-state index contributed by atoms with van der Waals surface area (Å²) in [5.74, 6) is -0.232. The molecule has 1 aliphatic rings. The summed E-state index contributed by atoms with van der Waals surface area (Å²) in [5, 5.41) is 2.16. The Morgan fingerprint density at radius 3 is 2.22 bits per heavy atom. The standard InChI is InChI=1S/C30H42FN3.C8H9Cl.CH3Cl/c1-5-13-27(31)15-8-9-17-32-18-11-19-33(23-22-32)20-12-21-34-24-29(25(4)6-2)28-16-10-14-26(7-3)30(28)34;1-2-7-3-5-8(9)6-4-7;1-2/h5,8,10,13-16,24H,1,4,6-7,9,11-12,17-23H2,2-3H3;3-6H,2H2,1H3;1H3/b15-8-,27-13+;;. The lowest BCUT2D eigenvalue weighted by Crippen LogP contribution is -2.32. The minimum atomic E-state index is -0.232. The molecule has 2 heterocycles. The lowest BCUT2D eigenvalue weighted by molar-refractivity contribution is 0.254. The quantitative estimate of drug-likeness (QED) is 0.134. The molecule has 0 aliphatic carbocycles. The van der Waals surface area contributed by atoms with Gasteiger partial charge in [-0.25, -0.2) is 4.39 Å². The van der Waals surface area contributed by atoms with E-state index >= 15 is 0 Å². The zero-order chi connectivity index (χ0) is 33.0. The molecule has 0 unspecified atom stereocenters. The van der Waals surface area contributed by atoms with E-state index in [-0.39, 0.29) is 5.83 Å². The SMILES string of the molecule is C=C/C=C(F)\C=C/CCN1CCCN(CCCn2cc(C(=C)CC)c3cccc(CC)c32)CC1.CCc1ccc(Cl)cc1.CCl. The van der Waals surface area contributed by atoms with Crippen LogP contribution in [0.25, 0.3) is 16.5 Å². The Morgan fingerprint density at radius 2 is 1.60 bits per heavy atom. The molecule has 0 spiro atoms. The number of benzene rings is 2. The van der Waals surface area contributed by atoms with E-state index in [2.05, 4.69) is 84.3 Å². The van der Waals surface area contributed by atoms with Crippen LogP contribution in [0.1, 0.15) is 63.1 Å². The van der Waals surface area contributed by atoms with Crippen LogP contribution in [0.2, 0.25) is 5.02 Å². The van der Waals surface area contributed by atoms with Gasteiger partial charge in [0.25, 0.3) is 0 Å². The molecule has 0 saturated carbocycles. The summed E-state index contributed by atoms with van der Waals surface area (Å²) in [4.78, 5) is 5.12. The van der Waals surface area contributed by atoms with Crippen LogP contribution in [-0.2, 0) is 19.4 Å². The second-order valence-corrected chi connectivity index (χ2v) is 11.6. The van der Waals surface area contributed by atoms with Crippen molar-refractivity contribution in [1.82, 2.24) is 14.4 Å². The van der Waals surface area contributed by atoms with E-state index in [0.717, 1.165) is 82.9 Å². The Balaban J connectivity index is 0.000000544. The van der Waals surface area contributed by atoms with E-state index < -0.39 is 0 Å². The van der Waals surface area contributed by atoms with Gasteiger partial charge in [-0.15, -0.1) is 11.6 Å². The smallest absolute Gasteiger partial charge is 0.122 e. The first-order valence-corrected chi connectivity index (χ1v) is 17.5. The van der Waals surface area contributed by atoms with Crippen molar-refractivity contribution in [2.24, 2.45) is 0 Å². The van der Waals surface area contributed by atoms with Crippen molar-refractivity contribution in [3.05, 3.63) is 114 Å². The average Bonchev–Trinajstić information content (AvgIpc) is 3.29. The Morgan fingerprint density at radius 1 is 0.911 bits per heavy atom. The number of hydrogen-bond donors (Lipinski definition) is 0. The van der Waals surface area contributed by atoms with Crippen LogP contribution >= 0.6 is 23.2 Å². The van der Waals surface area contributed by atoms with Gasteiger partial charge in [-0.1, -0.05) is 88.0 Å². The van der Waals surface area contributed by atoms with Gasteiger partial charge in [-0.05, 0) is 99.1 Å². The van der Waals surface area contributed by atoms with E-state index in [0.29, 0.717) is 0 Å². The van der Waals surface area contributed by atoms with Crippen LogP contribution in [0.4, 0.5) is 4.39 Å². The zero-order valence-corrected chi connectivity index (χ0v) is 29.5. The lowest BCUT2D eigenvalue weighted by Gasteiger charge is -2.21. The average molecular weight is 655 g/mol. The number of rotatable bonds is 13. The lowest BCUT2D eigenvalue weighted by atomic mass is 10.0. The van der Waals surface area contributed by atoms with Crippen LogP contribution in [0.5, 0.6) is 0 Å². The summed E-state index contributed by atoms with van der Waals surface area (Å²) in [6.45, 7) is 22.0. The molecule has 45 heavy (non-hydrogen) atoms. The summed E-state index contributed by atoms with van der Waals surface area (Å²) in [6, 6.07) is 14.6. The number of aryl methyl sites for hydroxylation is 3. The molecule has 0 bridgehead atoms. The molecule has 3 aromatic rings. The fourth-order valence-electron chi connectivity index (χ4n) is 5.65. The van der Waals surface area contributed by atoms with E-state index in [1.54, 1.807) is 6.08 Å². The number of para-hydroxylation sites is 1. The van der Waals surface area contributed by atoms with Gasteiger partial charge in [0, 0.05) is 54.7 Å². The summed E-state index contributed by atoms with van der Waals surface area (Å²) in [7, 11) is 0. The Bertz CT molecular complexity index is 1360. The number of hydrogen-bond acceptors (Lipinski definition) is 2. The second-order valence-electron chi connectivity index (χ2n) is 11.2. The summed E-state index contributed by atoms with van der Waals surface area (Å²) >= 11 is 10.3. The first-order chi connectivity index (χ1) is 21.9. The van der Waals surface area contributed by atoms with Crippen molar-refractivity contribution >= 4 is 39.7 Å². The van der Waals surface area contributed by atoms with Crippen LogP contribution in [0.15, 0.2) is 92.0 Å². The van der Waals surface area contributed by atoms with Crippen molar-refractivity contribution < 1.29 is 4.39 Å². The molecular weight excluding hydrogens is 600 g/mol. The molecule has 6 heteroatoms. The molecule has 1 aromatic heterocycles. The van der Waals surface area contributed by atoms with Crippen molar-refractivity contribution in [3.63, 3.8) is 0 Å². The van der Waals surface area contributed by atoms with Gasteiger partial charge in [0.2, 0.25) is 0 Å². The summed E-state index contributed by atoms with van der Waals surface area (Å²) in [5.41, 5.74) is 6.68. The first-order valence-electron chi connectivity index (χ1n) is 16.4. The highest BCUT2D eigenvalue weighted by atomic mass is 35.5. The molecule has 246 valence electrons. The minimum Gasteiger partial charge on any atom is -0.347 e. The van der Waals surface area contributed by atoms with Gasteiger partial charge in [0.1, 0.15) is 5.83 Å². The van der Waals surface area contributed by atoms with E-state index in [1.807, 2.05) is 30.3 Å². The molecule has 1 aliphatic heterocycles. The van der Waals surface area contributed by atoms with Gasteiger partial charge < -0.3 is 14.4 Å². The largest absolute Gasteiger partial charge is 0.347 e. The Hall–Kier alpha value is -2.63. The van der Waals surface area contributed by atoms with Gasteiger partial charge in [0.15, 0.2) is 0 Å². The first kappa shape index (κ1) is 38.6. The predicted molar refractivity (Wildman–Crippen MR) is 199 cm³/mol. The van der Waals surface area contributed by atoms with E-state index in [4.69, 9.17) is 11.6 Å². The Labute approximate surface area is 282 Å². The topological polar surface area (TPSA) is 11.4 Å². The number of fused-ring (bicyclic) bond motifs is 1. The summed E-state index contributed by atoms with van der Waals surface area (Å²) in [6.07, 6.45) is 16.5. The van der Waals surface area contributed by atoms with Crippen molar-refractivity contribution in [2.75, 3.05) is 45.7 Å². The molecular formula is C39H54Cl2FN3. The van der Waals surface area contributed by atoms with Crippen LogP contribution in [-0.4, -0.2) is 60.0 Å². The molecule has 1 saturated heterocycles. The third-order valence-corrected chi connectivity index (χ3v) is 8.46. The molecule has 0 atom stereocenters. The molecule has 0 radical (unpaired) electrons. The van der Waals surface area contributed by atoms with Gasteiger partial charge in [-0.3, -0.25) is 0 Å².